The molecular formula is C15H16F3N3S. The third kappa shape index (κ3) is 3.63. The van der Waals surface area contributed by atoms with E-state index < -0.39 is 12.6 Å². The highest BCUT2D eigenvalue weighted by Crippen LogP contribution is 2.41. The van der Waals surface area contributed by atoms with Gasteiger partial charge in [0.2, 0.25) is 0 Å². The van der Waals surface area contributed by atoms with Gasteiger partial charge in [-0.3, -0.25) is 4.57 Å². The van der Waals surface area contributed by atoms with Crippen LogP contribution >= 0.6 is 11.8 Å². The molecule has 1 heterocycles. The van der Waals surface area contributed by atoms with E-state index in [9.17, 15) is 13.2 Å². The molecule has 0 amide bonds. The number of hydrogen-bond acceptors (Lipinski definition) is 3. The number of halogens is 3. The second-order valence-electron chi connectivity index (χ2n) is 5.49. The predicted molar refractivity (Wildman–Crippen MR) is 79.9 cm³/mol. The van der Waals surface area contributed by atoms with Crippen LogP contribution in [0.1, 0.15) is 30.9 Å². The molecule has 1 aromatic carbocycles. The van der Waals surface area contributed by atoms with Crippen molar-refractivity contribution in [2.75, 3.05) is 5.75 Å². The van der Waals surface area contributed by atoms with Crippen LogP contribution in [0.5, 0.6) is 0 Å². The maximum atomic E-state index is 12.3. The van der Waals surface area contributed by atoms with Gasteiger partial charge in [0.1, 0.15) is 0 Å². The fourth-order valence-corrected chi connectivity index (χ4v) is 3.18. The molecule has 0 unspecified atom stereocenters. The van der Waals surface area contributed by atoms with Crippen molar-refractivity contribution in [3.8, 4) is 11.4 Å². The van der Waals surface area contributed by atoms with E-state index >= 15 is 0 Å². The van der Waals surface area contributed by atoms with Gasteiger partial charge in [0, 0.05) is 17.4 Å². The summed E-state index contributed by atoms with van der Waals surface area (Å²) in [6.45, 7) is 2.01. The molecule has 22 heavy (non-hydrogen) atoms. The lowest BCUT2D eigenvalue weighted by atomic mass is 10.1. The standard InChI is InChI=1S/C15H16F3N3S/c1-10-2-4-11(5-3-10)13-19-20-14(21(13)12-6-7-12)22-9-8-15(16,17)18/h2-5,12H,6-9H2,1H3. The number of aromatic nitrogens is 3. The second kappa shape index (κ2) is 5.95. The molecule has 3 nitrogen and oxygen atoms in total. The minimum absolute atomic E-state index is 0.0255. The Labute approximate surface area is 130 Å². The van der Waals surface area contributed by atoms with Crippen molar-refractivity contribution in [3.63, 3.8) is 0 Å². The van der Waals surface area contributed by atoms with E-state index in [0.717, 1.165) is 41.6 Å². The van der Waals surface area contributed by atoms with Crippen molar-refractivity contribution in [2.45, 2.75) is 43.6 Å². The molecule has 3 rings (SSSR count). The van der Waals surface area contributed by atoms with E-state index in [1.54, 1.807) is 0 Å². The Morgan fingerprint density at radius 2 is 1.86 bits per heavy atom. The SMILES string of the molecule is Cc1ccc(-c2nnc(SCCC(F)(F)F)n2C2CC2)cc1. The molecule has 0 N–H and O–H groups in total. The van der Waals surface area contributed by atoms with E-state index in [4.69, 9.17) is 0 Å². The number of rotatable bonds is 5. The number of benzene rings is 1. The highest BCUT2D eigenvalue weighted by molar-refractivity contribution is 7.99. The third-order valence-corrected chi connectivity index (χ3v) is 4.45. The molecule has 0 radical (unpaired) electrons. The van der Waals surface area contributed by atoms with E-state index in [-0.39, 0.29) is 5.75 Å². The average Bonchev–Trinajstić information content (AvgIpc) is 3.20. The monoisotopic (exact) mass is 327 g/mol. The first-order valence-corrected chi connectivity index (χ1v) is 8.14. The first kappa shape index (κ1) is 15.4. The van der Waals surface area contributed by atoms with Gasteiger partial charge in [-0.25, -0.2) is 0 Å². The number of thioether (sulfide) groups is 1. The molecule has 2 aromatic rings. The van der Waals surface area contributed by atoms with Crippen molar-refractivity contribution in [1.29, 1.82) is 0 Å². The number of alkyl halides is 3. The third-order valence-electron chi connectivity index (χ3n) is 3.50. The van der Waals surface area contributed by atoms with Gasteiger partial charge < -0.3 is 0 Å². The lowest BCUT2D eigenvalue weighted by Crippen LogP contribution is -2.08. The van der Waals surface area contributed by atoms with Crippen LogP contribution < -0.4 is 0 Å². The molecule has 118 valence electrons. The first-order valence-electron chi connectivity index (χ1n) is 7.15. The van der Waals surface area contributed by atoms with Gasteiger partial charge in [-0.05, 0) is 19.8 Å². The molecule has 1 fully saturated rings. The smallest absolute Gasteiger partial charge is 0.299 e. The van der Waals surface area contributed by atoms with Crippen molar-refractivity contribution >= 4 is 11.8 Å². The summed E-state index contributed by atoms with van der Waals surface area (Å²) < 4.78 is 38.8. The van der Waals surface area contributed by atoms with Crippen LogP contribution in [0.15, 0.2) is 29.4 Å². The molecule has 0 saturated heterocycles. The Balaban J connectivity index is 1.81. The van der Waals surface area contributed by atoms with Gasteiger partial charge in [0.25, 0.3) is 0 Å². The maximum absolute atomic E-state index is 12.3. The molecule has 1 aromatic heterocycles. The Kier molecular flexibility index (Phi) is 4.16. The highest BCUT2D eigenvalue weighted by atomic mass is 32.2. The van der Waals surface area contributed by atoms with Crippen LogP contribution in [0.3, 0.4) is 0 Å². The van der Waals surface area contributed by atoms with Crippen molar-refractivity contribution in [3.05, 3.63) is 29.8 Å². The summed E-state index contributed by atoms with van der Waals surface area (Å²) >= 11 is 1.13. The number of aryl methyl sites for hydroxylation is 1. The Hall–Kier alpha value is -1.50. The largest absolute Gasteiger partial charge is 0.389 e. The Morgan fingerprint density at radius 1 is 1.18 bits per heavy atom. The summed E-state index contributed by atoms with van der Waals surface area (Å²) in [4.78, 5) is 0. The van der Waals surface area contributed by atoms with Crippen molar-refractivity contribution < 1.29 is 13.2 Å². The zero-order chi connectivity index (χ0) is 15.7. The van der Waals surface area contributed by atoms with Gasteiger partial charge in [-0.2, -0.15) is 13.2 Å². The van der Waals surface area contributed by atoms with Crippen LogP contribution in [-0.2, 0) is 0 Å². The molecular weight excluding hydrogens is 311 g/mol. The van der Waals surface area contributed by atoms with Gasteiger partial charge in [0.05, 0.1) is 6.42 Å². The minimum atomic E-state index is -4.13. The Bertz CT molecular complexity index is 645. The van der Waals surface area contributed by atoms with Crippen LogP contribution in [0.2, 0.25) is 0 Å². The molecule has 0 atom stereocenters. The van der Waals surface area contributed by atoms with Crippen LogP contribution in [-0.4, -0.2) is 26.7 Å². The molecule has 7 heteroatoms. The number of nitrogens with zero attached hydrogens (tertiary/aromatic N) is 3. The maximum Gasteiger partial charge on any atom is 0.389 e. The minimum Gasteiger partial charge on any atom is -0.299 e. The summed E-state index contributed by atoms with van der Waals surface area (Å²) in [6, 6.07) is 8.26. The topological polar surface area (TPSA) is 30.7 Å². The second-order valence-corrected chi connectivity index (χ2v) is 6.55. The molecule has 1 saturated carbocycles. The van der Waals surface area contributed by atoms with E-state index in [0.29, 0.717) is 11.2 Å². The lowest BCUT2D eigenvalue weighted by Gasteiger charge is -2.09. The van der Waals surface area contributed by atoms with Gasteiger partial charge in [0.15, 0.2) is 11.0 Å². The average molecular weight is 327 g/mol. The fraction of sp³-hybridized carbons (Fsp3) is 0.467. The normalized spacial score (nSPS) is 15.3. The first-order chi connectivity index (χ1) is 10.4. The summed E-state index contributed by atoms with van der Waals surface area (Å²) in [5.74, 6) is 0.722. The van der Waals surface area contributed by atoms with Gasteiger partial charge in [-0.15, -0.1) is 10.2 Å². The quantitative estimate of drug-likeness (QED) is 0.750. The molecule has 1 aliphatic carbocycles. The zero-order valence-electron chi connectivity index (χ0n) is 12.1. The predicted octanol–water partition coefficient (Wildman–Crippen LogP) is 4.63. The zero-order valence-corrected chi connectivity index (χ0v) is 12.9. The number of hydrogen-bond donors (Lipinski definition) is 0. The summed E-state index contributed by atoms with van der Waals surface area (Å²) in [7, 11) is 0. The van der Waals surface area contributed by atoms with Crippen LogP contribution in [0, 0.1) is 6.92 Å². The molecule has 0 bridgehead atoms. The fourth-order valence-electron chi connectivity index (χ4n) is 2.19. The van der Waals surface area contributed by atoms with E-state index in [1.807, 2.05) is 35.8 Å². The molecule has 1 aliphatic rings. The van der Waals surface area contributed by atoms with Crippen LogP contribution in [0.25, 0.3) is 11.4 Å². The summed E-state index contributed by atoms with van der Waals surface area (Å²) in [6.07, 6.45) is -2.88. The molecule has 0 spiro atoms. The summed E-state index contributed by atoms with van der Waals surface area (Å²) in [5.41, 5.74) is 2.11. The van der Waals surface area contributed by atoms with E-state index in [2.05, 4.69) is 10.2 Å². The van der Waals surface area contributed by atoms with E-state index in [1.165, 1.54) is 0 Å². The van der Waals surface area contributed by atoms with Crippen molar-refractivity contribution in [2.24, 2.45) is 0 Å². The van der Waals surface area contributed by atoms with Crippen molar-refractivity contribution in [1.82, 2.24) is 14.8 Å². The lowest BCUT2D eigenvalue weighted by molar-refractivity contribution is -0.129. The van der Waals surface area contributed by atoms with Gasteiger partial charge >= 0.3 is 6.18 Å². The Morgan fingerprint density at radius 3 is 2.45 bits per heavy atom. The highest BCUT2D eigenvalue weighted by Gasteiger charge is 2.31. The molecule has 0 aliphatic heterocycles. The van der Waals surface area contributed by atoms with Gasteiger partial charge in [-0.1, -0.05) is 41.6 Å². The summed E-state index contributed by atoms with van der Waals surface area (Å²) in [5, 5.41) is 8.89. The van der Waals surface area contributed by atoms with Crippen LogP contribution in [0.4, 0.5) is 13.2 Å².